The van der Waals surface area contributed by atoms with Crippen LogP contribution in [0.3, 0.4) is 0 Å². The first-order chi connectivity index (χ1) is 17.5. The third-order valence-corrected chi connectivity index (χ3v) is 7.83. The minimum Gasteiger partial charge on any atom is -0.466 e. The van der Waals surface area contributed by atoms with Crippen LogP contribution in [0.5, 0.6) is 0 Å². The zero-order valence-corrected chi connectivity index (χ0v) is 23.6. The van der Waals surface area contributed by atoms with Crippen molar-refractivity contribution < 1.29 is 18.8 Å². The van der Waals surface area contributed by atoms with E-state index in [2.05, 4.69) is 31.2 Å². The average Bonchev–Trinajstić information content (AvgIpc) is 3.54. The van der Waals surface area contributed by atoms with Crippen molar-refractivity contribution >= 4 is 29.2 Å². The van der Waals surface area contributed by atoms with Gasteiger partial charge in [-0.15, -0.1) is 0 Å². The van der Waals surface area contributed by atoms with Gasteiger partial charge in [0.05, 0.1) is 23.0 Å². The summed E-state index contributed by atoms with van der Waals surface area (Å²) in [6.45, 7) is 11.0. The van der Waals surface area contributed by atoms with Gasteiger partial charge in [-0.25, -0.2) is 0 Å². The molecule has 1 aromatic carbocycles. The number of amides is 1. The Bertz CT molecular complexity index is 1110. The Morgan fingerprint density at radius 2 is 1.95 bits per heavy atom. The van der Waals surface area contributed by atoms with E-state index < -0.39 is 5.92 Å². The van der Waals surface area contributed by atoms with Crippen LogP contribution in [0.15, 0.2) is 22.7 Å². The number of anilines is 1. The molecule has 1 N–H and O–H groups in total. The highest BCUT2D eigenvalue weighted by Crippen LogP contribution is 2.52. The molecule has 0 saturated heterocycles. The van der Waals surface area contributed by atoms with Crippen molar-refractivity contribution in [3.63, 3.8) is 0 Å². The number of carbonyl (C=O) groups excluding carboxylic acids is 2. The van der Waals surface area contributed by atoms with E-state index in [0.29, 0.717) is 47.4 Å². The summed E-state index contributed by atoms with van der Waals surface area (Å²) in [6, 6.07) is 5.55. The van der Waals surface area contributed by atoms with Crippen molar-refractivity contribution in [3.8, 4) is 0 Å². The summed E-state index contributed by atoms with van der Waals surface area (Å²) in [5.41, 5.74) is 4.02. The van der Waals surface area contributed by atoms with Crippen LogP contribution < -0.4 is 5.32 Å². The molecule has 202 valence electrons. The highest BCUT2D eigenvalue weighted by molar-refractivity contribution is 6.33. The molecule has 2 saturated carbocycles. The zero-order chi connectivity index (χ0) is 26.7. The Labute approximate surface area is 225 Å². The highest BCUT2D eigenvalue weighted by Gasteiger charge is 2.41. The lowest BCUT2D eigenvalue weighted by molar-refractivity contribution is -0.143. The van der Waals surface area contributed by atoms with Crippen molar-refractivity contribution in [3.05, 3.63) is 45.8 Å². The molecule has 2 aliphatic rings. The Kier molecular flexibility index (Phi) is 8.67. The van der Waals surface area contributed by atoms with Gasteiger partial charge >= 0.3 is 5.97 Å². The van der Waals surface area contributed by atoms with Gasteiger partial charge in [-0.2, -0.15) is 0 Å². The Balaban J connectivity index is 1.50. The highest BCUT2D eigenvalue weighted by atomic mass is 35.5. The number of nitrogens with zero attached hydrogens (tertiary/aromatic N) is 1. The summed E-state index contributed by atoms with van der Waals surface area (Å²) in [4.78, 5) is 25.5. The van der Waals surface area contributed by atoms with Gasteiger partial charge in [-0.05, 0) is 87.3 Å². The number of benzene rings is 1. The van der Waals surface area contributed by atoms with Gasteiger partial charge in [-0.3, -0.25) is 9.59 Å². The Morgan fingerprint density at radius 3 is 2.57 bits per heavy atom. The van der Waals surface area contributed by atoms with Gasteiger partial charge in [0.2, 0.25) is 5.91 Å². The summed E-state index contributed by atoms with van der Waals surface area (Å²) in [7, 11) is 0. The molecule has 0 spiro atoms. The molecule has 0 unspecified atom stereocenters. The van der Waals surface area contributed by atoms with E-state index >= 15 is 0 Å². The summed E-state index contributed by atoms with van der Waals surface area (Å²) in [5.74, 6) is 1.74. The second kappa shape index (κ2) is 11.6. The number of rotatable bonds is 11. The summed E-state index contributed by atoms with van der Waals surface area (Å²) >= 11 is 6.38. The topological polar surface area (TPSA) is 81.4 Å². The second-order valence-electron chi connectivity index (χ2n) is 12.2. The molecule has 7 heteroatoms. The standard InChI is InChI=1S/C30H41ClN2O4/c1-6-36-26(34)12-10-21(29(35)32-24-11-7-18(2)13-23(24)31)16-25-27(20-8-9-20)28(37-33-25)22-14-19(15-22)17-30(3,4)5/h7,11,13,19-22H,6,8-10,12,14-17H2,1-5H3,(H,32,35)/t19-,21-,22+/m0/s1. The van der Waals surface area contributed by atoms with Crippen LogP contribution in [0.25, 0.3) is 0 Å². The zero-order valence-electron chi connectivity index (χ0n) is 22.9. The van der Waals surface area contributed by atoms with Crippen molar-refractivity contribution in [2.24, 2.45) is 17.3 Å². The van der Waals surface area contributed by atoms with Crippen LogP contribution >= 0.6 is 11.6 Å². The number of nitrogens with one attached hydrogen (secondary N) is 1. The lowest BCUT2D eigenvalue weighted by Crippen LogP contribution is -2.27. The van der Waals surface area contributed by atoms with Crippen LogP contribution in [0.2, 0.25) is 5.02 Å². The van der Waals surface area contributed by atoms with Crippen LogP contribution in [0, 0.1) is 24.2 Å². The van der Waals surface area contributed by atoms with Gasteiger partial charge in [0.25, 0.3) is 0 Å². The molecule has 1 heterocycles. The normalized spacial score (nSPS) is 20.3. The third kappa shape index (κ3) is 7.37. The molecular weight excluding hydrogens is 488 g/mol. The fourth-order valence-electron chi connectivity index (χ4n) is 5.62. The summed E-state index contributed by atoms with van der Waals surface area (Å²) in [5, 5.41) is 7.98. The maximum atomic E-state index is 13.4. The number of esters is 1. The molecule has 2 fully saturated rings. The maximum absolute atomic E-state index is 13.4. The van der Waals surface area contributed by atoms with Crippen molar-refractivity contribution in [2.75, 3.05) is 11.9 Å². The van der Waals surface area contributed by atoms with Gasteiger partial charge < -0.3 is 14.6 Å². The maximum Gasteiger partial charge on any atom is 0.305 e. The minimum atomic E-state index is -0.452. The first kappa shape index (κ1) is 27.7. The fraction of sp³-hybridized carbons (Fsp3) is 0.633. The van der Waals surface area contributed by atoms with Crippen molar-refractivity contribution in [1.29, 1.82) is 0 Å². The van der Waals surface area contributed by atoms with Gasteiger partial charge in [-0.1, -0.05) is 43.6 Å². The first-order valence-electron chi connectivity index (χ1n) is 13.7. The number of aryl methyl sites for hydroxylation is 1. The van der Waals surface area contributed by atoms with Gasteiger partial charge in [0.15, 0.2) is 0 Å². The largest absolute Gasteiger partial charge is 0.466 e. The number of hydrogen-bond donors (Lipinski definition) is 1. The monoisotopic (exact) mass is 528 g/mol. The third-order valence-electron chi connectivity index (χ3n) is 7.52. The van der Waals surface area contributed by atoms with E-state index in [-0.39, 0.29) is 18.3 Å². The van der Waals surface area contributed by atoms with E-state index in [1.54, 1.807) is 6.92 Å². The molecule has 2 aromatic rings. The summed E-state index contributed by atoms with van der Waals surface area (Å²) < 4.78 is 11.1. The predicted octanol–water partition coefficient (Wildman–Crippen LogP) is 7.58. The second-order valence-corrected chi connectivity index (χ2v) is 12.6. The molecule has 1 amide bonds. The van der Waals surface area contributed by atoms with E-state index in [0.717, 1.165) is 48.6 Å². The lowest BCUT2D eigenvalue weighted by atomic mass is 9.67. The molecule has 4 rings (SSSR count). The van der Waals surface area contributed by atoms with E-state index in [1.165, 1.54) is 12.0 Å². The van der Waals surface area contributed by atoms with Crippen molar-refractivity contribution in [1.82, 2.24) is 5.16 Å². The van der Waals surface area contributed by atoms with Crippen LogP contribution in [0.4, 0.5) is 5.69 Å². The fourth-order valence-corrected chi connectivity index (χ4v) is 5.90. The van der Waals surface area contributed by atoms with E-state index in [9.17, 15) is 9.59 Å². The average molecular weight is 529 g/mol. The Morgan fingerprint density at radius 1 is 1.22 bits per heavy atom. The number of halogens is 1. The molecular formula is C30H41ClN2O4. The van der Waals surface area contributed by atoms with Gasteiger partial charge in [0.1, 0.15) is 5.76 Å². The Hall–Kier alpha value is -2.34. The number of ether oxygens (including phenoxy) is 1. The number of hydrogen-bond acceptors (Lipinski definition) is 5. The van der Waals surface area contributed by atoms with Gasteiger partial charge in [0, 0.05) is 30.2 Å². The van der Waals surface area contributed by atoms with Crippen LogP contribution in [-0.4, -0.2) is 23.6 Å². The van der Waals surface area contributed by atoms with Crippen molar-refractivity contribution in [2.45, 2.75) is 97.8 Å². The molecule has 1 aromatic heterocycles. The molecule has 0 radical (unpaired) electrons. The molecule has 37 heavy (non-hydrogen) atoms. The lowest BCUT2D eigenvalue weighted by Gasteiger charge is -2.38. The van der Waals surface area contributed by atoms with Crippen LogP contribution in [0.1, 0.15) is 107 Å². The first-order valence-corrected chi connectivity index (χ1v) is 14.1. The summed E-state index contributed by atoms with van der Waals surface area (Å²) in [6.07, 6.45) is 6.76. The molecule has 0 aliphatic heterocycles. The predicted molar refractivity (Wildman–Crippen MR) is 146 cm³/mol. The van der Waals surface area contributed by atoms with Crippen LogP contribution in [-0.2, 0) is 20.7 Å². The molecule has 1 atom stereocenters. The molecule has 0 bridgehead atoms. The van der Waals surface area contributed by atoms with E-state index in [4.69, 9.17) is 20.9 Å². The molecule has 2 aliphatic carbocycles. The quantitative estimate of drug-likeness (QED) is 0.304. The number of carbonyl (C=O) groups is 2. The number of aromatic nitrogens is 1. The minimum absolute atomic E-state index is 0.171. The SMILES string of the molecule is CCOC(=O)CC[C@@H](Cc1noc([C@H]2C[C@@H](CC(C)(C)C)C2)c1C1CC1)C(=O)Nc1ccc(C)cc1Cl. The van der Waals surface area contributed by atoms with E-state index in [1.807, 2.05) is 25.1 Å². The molecule has 6 nitrogen and oxygen atoms in total. The smallest absolute Gasteiger partial charge is 0.305 e.